The number of anilines is 1. The van der Waals surface area contributed by atoms with Crippen molar-refractivity contribution in [2.45, 2.75) is 19.9 Å². The molecule has 0 aromatic carbocycles. The van der Waals surface area contributed by atoms with Gasteiger partial charge in [-0.3, -0.25) is 0 Å². The fourth-order valence-corrected chi connectivity index (χ4v) is 0.958. The fraction of sp³-hybridized carbons (Fsp3) is 0.333. The SMILES string of the molecule is CC(C)NC(=O)Nc1ccc[n+]([O-])c1. The van der Waals surface area contributed by atoms with Gasteiger partial charge in [-0.2, -0.15) is 4.73 Å². The Morgan fingerprint density at radius 1 is 1.57 bits per heavy atom. The van der Waals surface area contributed by atoms with E-state index in [4.69, 9.17) is 0 Å². The van der Waals surface area contributed by atoms with E-state index in [0.717, 1.165) is 0 Å². The van der Waals surface area contributed by atoms with Crippen molar-refractivity contribution in [3.63, 3.8) is 0 Å². The Morgan fingerprint density at radius 3 is 2.86 bits per heavy atom. The first kappa shape index (κ1) is 10.3. The number of hydrogen-bond acceptors (Lipinski definition) is 2. The van der Waals surface area contributed by atoms with Gasteiger partial charge in [0.15, 0.2) is 6.20 Å². The van der Waals surface area contributed by atoms with Gasteiger partial charge in [0, 0.05) is 12.1 Å². The molecule has 5 nitrogen and oxygen atoms in total. The van der Waals surface area contributed by atoms with Crippen LogP contribution in [0.1, 0.15) is 13.8 Å². The lowest BCUT2D eigenvalue weighted by Gasteiger charge is -2.09. The molecule has 14 heavy (non-hydrogen) atoms. The first-order chi connectivity index (χ1) is 6.58. The summed E-state index contributed by atoms with van der Waals surface area (Å²) in [5.74, 6) is 0. The van der Waals surface area contributed by atoms with E-state index >= 15 is 0 Å². The van der Waals surface area contributed by atoms with Crippen molar-refractivity contribution in [3.8, 4) is 0 Å². The van der Waals surface area contributed by atoms with Gasteiger partial charge in [-0.05, 0) is 19.9 Å². The number of pyridine rings is 1. The van der Waals surface area contributed by atoms with Gasteiger partial charge in [0.25, 0.3) is 0 Å². The third-order valence-electron chi connectivity index (χ3n) is 1.45. The minimum atomic E-state index is -0.314. The molecular formula is C9H13N3O2. The quantitative estimate of drug-likeness (QED) is 0.542. The lowest BCUT2D eigenvalue weighted by atomic mass is 10.4. The van der Waals surface area contributed by atoms with Crippen LogP contribution in [-0.4, -0.2) is 12.1 Å². The molecule has 0 bridgehead atoms. The summed E-state index contributed by atoms with van der Waals surface area (Å²) in [5.41, 5.74) is 0.473. The molecule has 76 valence electrons. The van der Waals surface area contributed by atoms with Crippen molar-refractivity contribution in [2.75, 3.05) is 5.32 Å². The van der Waals surface area contributed by atoms with Crippen molar-refractivity contribution in [1.29, 1.82) is 0 Å². The van der Waals surface area contributed by atoms with E-state index in [1.165, 1.54) is 12.4 Å². The highest BCUT2D eigenvalue weighted by Crippen LogP contribution is 2.00. The summed E-state index contributed by atoms with van der Waals surface area (Å²) in [6.45, 7) is 3.72. The van der Waals surface area contributed by atoms with Gasteiger partial charge >= 0.3 is 6.03 Å². The van der Waals surface area contributed by atoms with E-state index in [1.807, 2.05) is 13.8 Å². The van der Waals surface area contributed by atoms with Crippen molar-refractivity contribution in [3.05, 3.63) is 29.7 Å². The number of carbonyl (C=O) groups is 1. The van der Waals surface area contributed by atoms with E-state index in [1.54, 1.807) is 12.1 Å². The van der Waals surface area contributed by atoms with E-state index in [2.05, 4.69) is 10.6 Å². The second-order valence-corrected chi connectivity index (χ2v) is 3.21. The second kappa shape index (κ2) is 4.45. The summed E-state index contributed by atoms with van der Waals surface area (Å²) >= 11 is 0. The predicted octanol–water partition coefficient (Wildman–Crippen LogP) is 0.850. The number of amides is 2. The number of hydrogen-bond donors (Lipinski definition) is 2. The third kappa shape index (κ3) is 3.30. The minimum Gasteiger partial charge on any atom is -0.619 e. The molecule has 1 heterocycles. The lowest BCUT2D eigenvalue weighted by molar-refractivity contribution is -0.604. The Kier molecular flexibility index (Phi) is 3.28. The highest BCUT2D eigenvalue weighted by Gasteiger charge is 2.04. The number of nitrogens with zero attached hydrogens (tertiary/aromatic N) is 1. The van der Waals surface area contributed by atoms with Gasteiger partial charge in [-0.15, -0.1) is 0 Å². The van der Waals surface area contributed by atoms with Crippen LogP contribution in [0, 0.1) is 5.21 Å². The first-order valence-corrected chi connectivity index (χ1v) is 4.34. The van der Waals surface area contributed by atoms with Gasteiger partial charge in [-0.25, -0.2) is 4.79 Å². The molecule has 1 rings (SSSR count). The molecule has 0 atom stereocenters. The highest BCUT2D eigenvalue weighted by molar-refractivity contribution is 5.88. The van der Waals surface area contributed by atoms with Crippen LogP contribution in [0.3, 0.4) is 0 Å². The third-order valence-corrected chi connectivity index (χ3v) is 1.45. The number of nitrogens with one attached hydrogen (secondary N) is 2. The zero-order valence-corrected chi connectivity index (χ0v) is 8.15. The average molecular weight is 195 g/mol. The maximum absolute atomic E-state index is 11.2. The Morgan fingerprint density at radius 2 is 2.29 bits per heavy atom. The van der Waals surface area contributed by atoms with Crippen molar-refractivity contribution >= 4 is 11.7 Å². The minimum absolute atomic E-state index is 0.0677. The Balaban J connectivity index is 2.56. The van der Waals surface area contributed by atoms with Crippen molar-refractivity contribution < 1.29 is 9.52 Å². The van der Waals surface area contributed by atoms with Crippen LogP contribution in [0.2, 0.25) is 0 Å². The summed E-state index contributed by atoms with van der Waals surface area (Å²) in [6.07, 6.45) is 2.64. The molecule has 1 aromatic rings. The maximum atomic E-state index is 11.2. The molecule has 0 aliphatic carbocycles. The number of aromatic nitrogens is 1. The van der Waals surface area contributed by atoms with Crippen LogP contribution >= 0.6 is 0 Å². The van der Waals surface area contributed by atoms with E-state index < -0.39 is 0 Å². The molecule has 0 unspecified atom stereocenters. The topological polar surface area (TPSA) is 68.1 Å². The van der Waals surface area contributed by atoms with Gasteiger partial charge in [0.2, 0.25) is 6.20 Å². The highest BCUT2D eigenvalue weighted by atomic mass is 16.5. The standard InChI is InChI=1S/C9H13N3O2/c1-7(2)10-9(13)11-8-4-3-5-12(14)6-8/h3-7H,1-2H3,(H2,10,11,13). The molecule has 5 heteroatoms. The summed E-state index contributed by atoms with van der Waals surface area (Å²) in [6, 6.07) is 2.97. The molecule has 0 aliphatic heterocycles. The second-order valence-electron chi connectivity index (χ2n) is 3.21. The fourth-order valence-electron chi connectivity index (χ4n) is 0.958. The van der Waals surface area contributed by atoms with Crippen molar-refractivity contribution in [2.24, 2.45) is 0 Å². The van der Waals surface area contributed by atoms with Crippen LogP contribution in [0.4, 0.5) is 10.5 Å². The zero-order valence-electron chi connectivity index (χ0n) is 8.15. The lowest BCUT2D eigenvalue weighted by Crippen LogP contribution is -2.35. The van der Waals surface area contributed by atoms with Crippen molar-refractivity contribution in [1.82, 2.24) is 5.32 Å². The Hall–Kier alpha value is -1.78. The first-order valence-electron chi connectivity index (χ1n) is 4.34. The Labute approximate surface area is 82.3 Å². The molecule has 0 saturated carbocycles. The van der Waals surface area contributed by atoms with E-state index in [0.29, 0.717) is 10.4 Å². The van der Waals surface area contributed by atoms with E-state index in [9.17, 15) is 10.0 Å². The molecule has 1 aromatic heterocycles. The number of rotatable bonds is 2. The molecule has 2 amide bonds. The monoisotopic (exact) mass is 195 g/mol. The maximum Gasteiger partial charge on any atom is 0.319 e. The van der Waals surface area contributed by atoms with Gasteiger partial charge in [0.05, 0.1) is 0 Å². The van der Waals surface area contributed by atoms with Gasteiger partial charge < -0.3 is 15.8 Å². The van der Waals surface area contributed by atoms with E-state index in [-0.39, 0.29) is 12.1 Å². The number of carbonyl (C=O) groups excluding carboxylic acids is 1. The van der Waals surface area contributed by atoms with Crippen LogP contribution in [-0.2, 0) is 0 Å². The molecule has 0 saturated heterocycles. The van der Waals surface area contributed by atoms with Gasteiger partial charge in [0.1, 0.15) is 5.69 Å². The summed E-state index contributed by atoms with van der Waals surface area (Å²) in [5, 5.41) is 16.0. The molecule has 0 spiro atoms. The van der Waals surface area contributed by atoms with Crippen LogP contribution in [0.15, 0.2) is 24.5 Å². The molecule has 0 fully saturated rings. The average Bonchev–Trinajstić information content (AvgIpc) is 2.01. The predicted molar refractivity (Wildman–Crippen MR) is 52.7 cm³/mol. The summed E-state index contributed by atoms with van der Waals surface area (Å²) in [4.78, 5) is 11.2. The molecule has 2 N–H and O–H groups in total. The Bertz CT molecular complexity index is 326. The van der Waals surface area contributed by atoms with Crippen LogP contribution in [0.25, 0.3) is 0 Å². The normalized spacial score (nSPS) is 9.93. The summed E-state index contributed by atoms with van der Waals surface area (Å²) in [7, 11) is 0. The smallest absolute Gasteiger partial charge is 0.319 e. The van der Waals surface area contributed by atoms with Crippen LogP contribution < -0.4 is 15.4 Å². The molecule has 0 aliphatic rings. The molecular weight excluding hydrogens is 182 g/mol. The molecule has 0 radical (unpaired) electrons. The largest absolute Gasteiger partial charge is 0.619 e. The number of urea groups is 1. The van der Waals surface area contributed by atoms with Gasteiger partial charge in [-0.1, -0.05) is 0 Å². The zero-order chi connectivity index (χ0) is 10.6. The van der Waals surface area contributed by atoms with Crippen LogP contribution in [0.5, 0.6) is 0 Å². The summed E-state index contributed by atoms with van der Waals surface area (Å²) < 4.78 is 0.630.